The van der Waals surface area contributed by atoms with E-state index in [2.05, 4.69) is 20.3 Å². The Morgan fingerprint density at radius 3 is 2.88 bits per heavy atom. The van der Waals surface area contributed by atoms with Gasteiger partial charge in [0.25, 0.3) is 0 Å². The first kappa shape index (κ1) is 10.0. The highest BCUT2D eigenvalue weighted by molar-refractivity contribution is 5.59. The molecular weight excluding hydrogens is 214 g/mol. The molecule has 5 nitrogen and oxygen atoms in total. The Kier molecular flexibility index (Phi) is 2.36. The van der Waals surface area contributed by atoms with E-state index >= 15 is 0 Å². The number of rotatable bonds is 3. The number of nitrogen functional groups attached to an aromatic ring is 1. The van der Waals surface area contributed by atoms with Crippen molar-refractivity contribution < 1.29 is 0 Å². The highest BCUT2D eigenvalue weighted by Crippen LogP contribution is 2.25. The highest BCUT2D eigenvalue weighted by Gasteiger charge is 2.21. The van der Waals surface area contributed by atoms with Gasteiger partial charge in [-0.2, -0.15) is 0 Å². The van der Waals surface area contributed by atoms with Crippen LogP contribution in [0.5, 0.6) is 0 Å². The molecule has 17 heavy (non-hydrogen) atoms. The third kappa shape index (κ3) is 2.33. The summed E-state index contributed by atoms with van der Waals surface area (Å²) in [5, 5.41) is 3.32. The van der Waals surface area contributed by atoms with Crippen LogP contribution in [0.3, 0.4) is 0 Å². The van der Waals surface area contributed by atoms with Crippen LogP contribution in [0.2, 0.25) is 0 Å². The molecule has 1 aliphatic rings. The predicted octanol–water partition coefficient (Wildman–Crippen LogP) is 1.70. The van der Waals surface area contributed by atoms with Crippen molar-refractivity contribution in [2.45, 2.75) is 18.9 Å². The summed E-state index contributed by atoms with van der Waals surface area (Å²) < 4.78 is 0. The summed E-state index contributed by atoms with van der Waals surface area (Å²) in [4.78, 5) is 12.7. The number of aromatic nitrogens is 3. The van der Waals surface area contributed by atoms with E-state index in [4.69, 9.17) is 5.73 Å². The molecule has 5 heteroatoms. The Morgan fingerprint density at radius 1 is 1.29 bits per heavy atom. The van der Waals surface area contributed by atoms with Gasteiger partial charge in [0, 0.05) is 30.1 Å². The maximum absolute atomic E-state index is 5.78. The van der Waals surface area contributed by atoms with Crippen molar-refractivity contribution in [3.63, 3.8) is 0 Å². The lowest BCUT2D eigenvalue weighted by Gasteiger charge is -2.07. The molecule has 0 aliphatic heterocycles. The molecule has 0 spiro atoms. The van der Waals surface area contributed by atoms with Crippen molar-refractivity contribution in [3.05, 3.63) is 30.6 Å². The molecule has 0 saturated heterocycles. The van der Waals surface area contributed by atoms with Crippen LogP contribution in [0.15, 0.2) is 30.6 Å². The van der Waals surface area contributed by atoms with E-state index in [0.717, 1.165) is 11.4 Å². The summed E-state index contributed by atoms with van der Waals surface area (Å²) >= 11 is 0. The van der Waals surface area contributed by atoms with E-state index < -0.39 is 0 Å². The van der Waals surface area contributed by atoms with Crippen LogP contribution in [0, 0.1) is 0 Å². The van der Waals surface area contributed by atoms with Crippen molar-refractivity contribution in [2.24, 2.45) is 0 Å². The Balaban J connectivity index is 1.95. The first-order chi connectivity index (χ1) is 8.31. The van der Waals surface area contributed by atoms with Gasteiger partial charge >= 0.3 is 0 Å². The molecule has 3 N–H and O–H groups in total. The second-order valence-corrected chi connectivity index (χ2v) is 4.16. The monoisotopic (exact) mass is 227 g/mol. The molecule has 0 bridgehead atoms. The Bertz CT molecular complexity index is 522. The van der Waals surface area contributed by atoms with E-state index in [0.29, 0.717) is 17.7 Å². The third-order valence-corrected chi connectivity index (χ3v) is 2.60. The molecule has 2 aromatic rings. The van der Waals surface area contributed by atoms with E-state index in [9.17, 15) is 0 Å². The molecule has 1 fully saturated rings. The molecule has 1 aliphatic carbocycles. The smallest absolute Gasteiger partial charge is 0.165 e. The fourth-order valence-electron chi connectivity index (χ4n) is 1.60. The molecule has 2 heterocycles. The first-order valence-corrected chi connectivity index (χ1v) is 5.63. The fourth-order valence-corrected chi connectivity index (χ4v) is 1.60. The summed E-state index contributed by atoms with van der Waals surface area (Å²) in [6.45, 7) is 0. The zero-order chi connectivity index (χ0) is 11.7. The van der Waals surface area contributed by atoms with Crippen LogP contribution in [0.25, 0.3) is 11.4 Å². The van der Waals surface area contributed by atoms with Crippen molar-refractivity contribution in [1.29, 1.82) is 0 Å². The number of nitrogens with two attached hydrogens (primary N) is 1. The Labute approximate surface area is 99.1 Å². The topological polar surface area (TPSA) is 76.7 Å². The van der Waals surface area contributed by atoms with Crippen LogP contribution in [0.1, 0.15) is 12.8 Å². The van der Waals surface area contributed by atoms with Gasteiger partial charge in [-0.1, -0.05) is 0 Å². The summed E-state index contributed by atoms with van der Waals surface area (Å²) in [5.41, 5.74) is 6.66. The van der Waals surface area contributed by atoms with Crippen molar-refractivity contribution in [2.75, 3.05) is 11.1 Å². The Hall–Kier alpha value is -2.17. The Morgan fingerprint density at radius 2 is 2.18 bits per heavy atom. The number of hydrogen-bond acceptors (Lipinski definition) is 5. The average Bonchev–Trinajstić information content (AvgIpc) is 3.13. The maximum atomic E-state index is 5.78. The van der Waals surface area contributed by atoms with Gasteiger partial charge in [-0.05, 0) is 25.0 Å². The molecule has 2 aromatic heterocycles. The minimum absolute atomic E-state index is 0.474. The van der Waals surface area contributed by atoms with E-state index in [-0.39, 0.29) is 0 Å². The molecular formula is C12H13N5. The van der Waals surface area contributed by atoms with Gasteiger partial charge in [-0.3, -0.25) is 4.98 Å². The van der Waals surface area contributed by atoms with E-state index in [1.54, 1.807) is 18.5 Å². The normalized spacial score (nSPS) is 14.6. The van der Waals surface area contributed by atoms with Gasteiger partial charge < -0.3 is 11.1 Å². The minimum Gasteiger partial charge on any atom is -0.384 e. The lowest BCUT2D eigenvalue weighted by atomic mass is 10.2. The van der Waals surface area contributed by atoms with Gasteiger partial charge in [0.05, 0.1) is 0 Å². The second kappa shape index (κ2) is 4.01. The van der Waals surface area contributed by atoms with E-state index in [1.807, 2.05) is 12.1 Å². The lowest BCUT2D eigenvalue weighted by molar-refractivity contribution is 1.09. The summed E-state index contributed by atoms with van der Waals surface area (Å²) in [5.74, 6) is 1.88. The fraction of sp³-hybridized carbons (Fsp3) is 0.250. The van der Waals surface area contributed by atoms with Gasteiger partial charge in [0.2, 0.25) is 0 Å². The zero-order valence-corrected chi connectivity index (χ0v) is 9.30. The summed E-state index contributed by atoms with van der Waals surface area (Å²) in [7, 11) is 0. The molecule has 3 rings (SSSR count). The lowest BCUT2D eigenvalue weighted by Crippen LogP contribution is -2.06. The van der Waals surface area contributed by atoms with Crippen LogP contribution in [-0.4, -0.2) is 21.0 Å². The quantitative estimate of drug-likeness (QED) is 0.834. The minimum atomic E-state index is 0.474. The van der Waals surface area contributed by atoms with Gasteiger partial charge in [0.1, 0.15) is 11.6 Å². The highest BCUT2D eigenvalue weighted by atomic mass is 15.1. The van der Waals surface area contributed by atoms with Crippen molar-refractivity contribution in [1.82, 2.24) is 15.0 Å². The number of nitrogens with zero attached hydrogens (tertiary/aromatic N) is 3. The maximum Gasteiger partial charge on any atom is 0.165 e. The largest absolute Gasteiger partial charge is 0.384 e. The first-order valence-electron chi connectivity index (χ1n) is 5.63. The van der Waals surface area contributed by atoms with Crippen LogP contribution < -0.4 is 11.1 Å². The molecule has 0 unspecified atom stereocenters. The summed E-state index contributed by atoms with van der Waals surface area (Å²) in [6.07, 6.45) is 5.85. The molecule has 0 aromatic carbocycles. The van der Waals surface area contributed by atoms with Crippen LogP contribution in [0.4, 0.5) is 11.6 Å². The van der Waals surface area contributed by atoms with Gasteiger partial charge in [0.15, 0.2) is 5.82 Å². The second-order valence-electron chi connectivity index (χ2n) is 4.16. The molecule has 86 valence electrons. The number of anilines is 2. The van der Waals surface area contributed by atoms with Gasteiger partial charge in [-0.25, -0.2) is 9.97 Å². The number of nitrogens with one attached hydrogen (secondary N) is 1. The molecule has 1 saturated carbocycles. The molecule has 0 amide bonds. The third-order valence-electron chi connectivity index (χ3n) is 2.60. The number of hydrogen-bond donors (Lipinski definition) is 2. The predicted molar refractivity (Wildman–Crippen MR) is 66.3 cm³/mol. The molecule has 0 radical (unpaired) electrons. The standard InChI is InChI=1S/C12H13N5/c13-10-6-11(15-9-3-4-9)17-12(16-10)8-2-1-5-14-7-8/h1-2,5-7,9H,3-4H2,(H3,13,15,16,17). The average molecular weight is 227 g/mol. The van der Waals surface area contributed by atoms with Gasteiger partial charge in [-0.15, -0.1) is 0 Å². The number of pyridine rings is 1. The van der Waals surface area contributed by atoms with Crippen LogP contribution in [-0.2, 0) is 0 Å². The summed E-state index contributed by atoms with van der Waals surface area (Å²) in [6, 6.07) is 6.09. The molecule has 0 atom stereocenters. The van der Waals surface area contributed by atoms with Crippen LogP contribution >= 0.6 is 0 Å². The van der Waals surface area contributed by atoms with Crippen molar-refractivity contribution in [3.8, 4) is 11.4 Å². The van der Waals surface area contributed by atoms with Crippen molar-refractivity contribution >= 4 is 11.6 Å². The van der Waals surface area contributed by atoms with E-state index in [1.165, 1.54) is 12.8 Å². The zero-order valence-electron chi connectivity index (χ0n) is 9.30. The SMILES string of the molecule is Nc1cc(NC2CC2)nc(-c2cccnc2)n1.